The molecule has 0 fully saturated rings. The van der Waals surface area contributed by atoms with Crippen LogP contribution < -0.4 is 0 Å². The largest absolute Gasteiger partial charge is 0.345 e. The van der Waals surface area contributed by atoms with E-state index in [-0.39, 0.29) is 5.78 Å². The molecule has 0 aliphatic heterocycles. The van der Waals surface area contributed by atoms with E-state index in [1.54, 1.807) is 24.5 Å². The van der Waals surface area contributed by atoms with E-state index in [9.17, 15) is 4.79 Å². The molecule has 0 aliphatic carbocycles. The van der Waals surface area contributed by atoms with Gasteiger partial charge < -0.3 is 4.98 Å². The molecule has 0 bridgehead atoms. The molecule has 3 aromatic rings. The Kier molecular flexibility index (Phi) is 3.67. The average molecular weight is 414 g/mol. The SMILES string of the molecule is O=C(c1ccc(Br)cc1Br)c1c[nH]c2nccc(Cl)c12. The van der Waals surface area contributed by atoms with Crippen molar-refractivity contribution in [2.24, 2.45) is 0 Å². The molecule has 2 heterocycles. The Morgan fingerprint density at radius 1 is 1.20 bits per heavy atom. The third-order valence-electron chi connectivity index (χ3n) is 2.94. The number of hydrogen-bond acceptors (Lipinski definition) is 2. The molecule has 0 spiro atoms. The first-order valence-electron chi connectivity index (χ1n) is 5.69. The van der Waals surface area contributed by atoms with E-state index in [1.807, 2.05) is 12.1 Å². The van der Waals surface area contributed by atoms with Gasteiger partial charge in [-0.2, -0.15) is 0 Å². The Bertz CT molecular complexity index is 829. The fourth-order valence-electron chi connectivity index (χ4n) is 2.01. The maximum Gasteiger partial charge on any atom is 0.196 e. The molecule has 0 saturated heterocycles. The molecule has 0 unspecified atom stereocenters. The molecule has 2 aromatic heterocycles. The van der Waals surface area contributed by atoms with Crippen LogP contribution in [0.4, 0.5) is 0 Å². The Morgan fingerprint density at radius 3 is 2.75 bits per heavy atom. The quantitative estimate of drug-likeness (QED) is 0.602. The summed E-state index contributed by atoms with van der Waals surface area (Å²) in [5, 5.41) is 1.15. The van der Waals surface area contributed by atoms with Crippen molar-refractivity contribution in [2.45, 2.75) is 0 Å². The smallest absolute Gasteiger partial charge is 0.196 e. The molecule has 3 nitrogen and oxygen atoms in total. The number of halogens is 3. The number of carbonyl (C=O) groups is 1. The van der Waals surface area contributed by atoms with Crippen LogP contribution in [0.1, 0.15) is 15.9 Å². The molecule has 0 atom stereocenters. The molecular formula is C14H7Br2ClN2O. The summed E-state index contributed by atoms with van der Waals surface area (Å²) in [6.07, 6.45) is 3.24. The molecule has 20 heavy (non-hydrogen) atoms. The second-order valence-electron chi connectivity index (χ2n) is 4.17. The van der Waals surface area contributed by atoms with Crippen LogP contribution in [0.5, 0.6) is 0 Å². The molecule has 0 saturated carbocycles. The minimum Gasteiger partial charge on any atom is -0.345 e. The number of carbonyl (C=O) groups excluding carboxylic acids is 1. The summed E-state index contributed by atoms with van der Waals surface area (Å²) in [5.41, 5.74) is 1.70. The van der Waals surface area contributed by atoms with Gasteiger partial charge in [-0.25, -0.2) is 4.98 Å². The Hall–Kier alpha value is -1.17. The number of aromatic amines is 1. The first kappa shape index (κ1) is 13.8. The maximum absolute atomic E-state index is 12.7. The number of nitrogens with zero attached hydrogens (tertiary/aromatic N) is 1. The Morgan fingerprint density at radius 2 is 2.00 bits per heavy atom. The van der Waals surface area contributed by atoms with E-state index in [4.69, 9.17) is 11.6 Å². The van der Waals surface area contributed by atoms with Crippen molar-refractivity contribution in [3.63, 3.8) is 0 Å². The van der Waals surface area contributed by atoms with Crippen LogP contribution in [0.15, 0.2) is 45.6 Å². The first-order valence-corrected chi connectivity index (χ1v) is 7.65. The van der Waals surface area contributed by atoms with Crippen LogP contribution in [-0.4, -0.2) is 15.8 Å². The summed E-state index contributed by atoms with van der Waals surface area (Å²) in [7, 11) is 0. The second kappa shape index (κ2) is 5.31. The van der Waals surface area contributed by atoms with Crippen LogP contribution in [0, 0.1) is 0 Å². The number of hydrogen-bond donors (Lipinski definition) is 1. The lowest BCUT2D eigenvalue weighted by molar-refractivity contribution is 0.103. The third kappa shape index (κ3) is 2.30. The number of benzene rings is 1. The summed E-state index contributed by atoms with van der Waals surface area (Å²) in [5.74, 6) is -0.106. The van der Waals surface area contributed by atoms with Gasteiger partial charge in [-0.1, -0.05) is 27.5 Å². The summed E-state index contributed by atoms with van der Waals surface area (Å²) < 4.78 is 1.63. The van der Waals surface area contributed by atoms with E-state index in [1.165, 1.54) is 0 Å². The van der Waals surface area contributed by atoms with Gasteiger partial charge in [0.25, 0.3) is 0 Å². The summed E-state index contributed by atoms with van der Waals surface area (Å²) in [6.45, 7) is 0. The van der Waals surface area contributed by atoms with Crippen molar-refractivity contribution in [1.29, 1.82) is 0 Å². The van der Waals surface area contributed by atoms with Gasteiger partial charge in [-0.3, -0.25) is 4.79 Å². The highest BCUT2D eigenvalue weighted by Crippen LogP contribution is 2.29. The molecule has 0 amide bonds. The van der Waals surface area contributed by atoms with Gasteiger partial charge in [-0.05, 0) is 40.2 Å². The zero-order valence-corrected chi connectivity index (χ0v) is 13.9. The predicted octanol–water partition coefficient (Wildman–Crippen LogP) is 4.97. The topological polar surface area (TPSA) is 45.8 Å². The Labute approximate surface area is 136 Å². The lowest BCUT2D eigenvalue weighted by atomic mass is 10.0. The standard InChI is InChI=1S/C14H7Br2ClN2O/c15-7-1-2-8(10(16)5-7)13(20)9-6-19-14-12(9)11(17)3-4-18-14/h1-6H,(H,18,19). The highest BCUT2D eigenvalue weighted by atomic mass is 79.9. The Balaban J connectivity index is 2.18. The van der Waals surface area contributed by atoms with Crippen molar-refractivity contribution in [2.75, 3.05) is 0 Å². The predicted molar refractivity (Wildman–Crippen MR) is 86.4 cm³/mol. The van der Waals surface area contributed by atoms with Crippen molar-refractivity contribution >= 4 is 60.3 Å². The molecule has 1 N–H and O–H groups in total. The van der Waals surface area contributed by atoms with E-state index in [0.717, 1.165) is 8.95 Å². The van der Waals surface area contributed by atoms with Crippen LogP contribution in [0.2, 0.25) is 5.02 Å². The van der Waals surface area contributed by atoms with Crippen LogP contribution in [0.3, 0.4) is 0 Å². The molecule has 100 valence electrons. The van der Waals surface area contributed by atoms with Crippen LogP contribution in [0.25, 0.3) is 11.0 Å². The zero-order valence-electron chi connectivity index (χ0n) is 9.95. The average Bonchev–Trinajstić information content (AvgIpc) is 2.83. The minimum absolute atomic E-state index is 0.106. The number of nitrogens with one attached hydrogen (secondary N) is 1. The molecule has 0 aliphatic rings. The van der Waals surface area contributed by atoms with Crippen molar-refractivity contribution in [3.05, 3.63) is 61.8 Å². The number of H-pyrrole nitrogens is 1. The zero-order chi connectivity index (χ0) is 14.3. The number of pyridine rings is 1. The van der Waals surface area contributed by atoms with Crippen molar-refractivity contribution < 1.29 is 4.79 Å². The monoisotopic (exact) mass is 412 g/mol. The second-order valence-corrected chi connectivity index (χ2v) is 6.35. The first-order chi connectivity index (χ1) is 9.58. The highest BCUT2D eigenvalue weighted by Gasteiger charge is 2.18. The van der Waals surface area contributed by atoms with Gasteiger partial charge >= 0.3 is 0 Å². The van der Waals surface area contributed by atoms with Gasteiger partial charge in [0.2, 0.25) is 0 Å². The van der Waals surface area contributed by atoms with Crippen LogP contribution in [-0.2, 0) is 0 Å². The van der Waals surface area contributed by atoms with E-state index in [2.05, 4.69) is 41.8 Å². The lowest BCUT2D eigenvalue weighted by Crippen LogP contribution is -2.01. The summed E-state index contributed by atoms with van der Waals surface area (Å²) in [6, 6.07) is 7.10. The van der Waals surface area contributed by atoms with Crippen LogP contribution >= 0.6 is 43.5 Å². The van der Waals surface area contributed by atoms with Gasteiger partial charge in [0.15, 0.2) is 5.78 Å². The van der Waals surface area contributed by atoms with E-state index >= 15 is 0 Å². The van der Waals surface area contributed by atoms with Crippen molar-refractivity contribution in [1.82, 2.24) is 9.97 Å². The fourth-order valence-corrected chi connectivity index (χ4v) is 3.49. The highest BCUT2D eigenvalue weighted by molar-refractivity contribution is 9.11. The van der Waals surface area contributed by atoms with E-state index in [0.29, 0.717) is 27.2 Å². The van der Waals surface area contributed by atoms with Gasteiger partial charge in [-0.15, -0.1) is 0 Å². The normalized spacial score (nSPS) is 10.9. The summed E-state index contributed by atoms with van der Waals surface area (Å²) >= 11 is 12.9. The lowest BCUT2D eigenvalue weighted by Gasteiger charge is -2.04. The molecule has 0 radical (unpaired) electrons. The minimum atomic E-state index is -0.106. The number of rotatable bonds is 2. The number of ketones is 1. The maximum atomic E-state index is 12.7. The van der Waals surface area contributed by atoms with Crippen molar-refractivity contribution in [3.8, 4) is 0 Å². The number of fused-ring (bicyclic) bond motifs is 1. The molecule has 1 aromatic carbocycles. The van der Waals surface area contributed by atoms with Gasteiger partial charge in [0.05, 0.1) is 10.6 Å². The van der Waals surface area contributed by atoms with Gasteiger partial charge in [0, 0.05) is 32.3 Å². The molecular weight excluding hydrogens is 407 g/mol. The van der Waals surface area contributed by atoms with E-state index < -0.39 is 0 Å². The fraction of sp³-hybridized carbons (Fsp3) is 0. The summed E-state index contributed by atoms with van der Waals surface area (Å²) in [4.78, 5) is 19.8. The third-order valence-corrected chi connectivity index (χ3v) is 4.41. The van der Waals surface area contributed by atoms with Gasteiger partial charge in [0.1, 0.15) is 5.65 Å². The molecule has 3 rings (SSSR count). The number of aromatic nitrogens is 2. The molecule has 6 heteroatoms.